The number of ether oxygens (including phenoxy) is 3. The van der Waals surface area contributed by atoms with Crippen LogP contribution in [-0.4, -0.2) is 45.5 Å². The molecule has 0 radical (unpaired) electrons. The van der Waals surface area contributed by atoms with Crippen LogP contribution in [0, 0.1) is 5.41 Å². The van der Waals surface area contributed by atoms with Crippen LogP contribution < -0.4 is 5.73 Å². The summed E-state index contributed by atoms with van der Waals surface area (Å²) in [6, 6.07) is 0. The summed E-state index contributed by atoms with van der Waals surface area (Å²) in [4.78, 5) is 0. The van der Waals surface area contributed by atoms with Crippen LogP contribution in [0.2, 0.25) is 0 Å². The van der Waals surface area contributed by atoms with Crippen molar-refractivity contribution in [3.05, 3.63) is 0 Å². The molecule has 0 aliphatic heterocycles. The summed E-state index contributed by atoms with van der Waals surface area (Å²) in [6.45, 7) is 4.34. The highest BCUT2D eigenvalue weighted by Crippen LogP contribution is 1.96. The highest BCUT2D eigenvalue weighted by atomic mass is 16.5. The molecule has 0 amide bonds. The maximum absolute atomic E-state index is 7.22. The largest absolute Gasteiger partial charge is 0.385 e. The smallest absolute Gasteiger partial charge is 0.120 e. The van der Waals surface area contributed by atoms with Crippen molar-refractivity contribution in [1.82, 2.24) is 0 Å². The molecule has 0 aromatic carbocycles. The van der Waals surface area contributed by atoms with E-state index in [9.17, 15) is 0 Å². The van der Waals surface area contributed by atoms with Crippen LogP contribution in [0.25, 0.3) is 0 Å². The molecule has 0 rings (SSSR count). The highest BCUT2D eigenvalue weighted by molar-refractivity contribution is 5.81. The molecule has 0 aromatic rings. The number of rotatable bonds is 10. The Morgan fingerprint density at radius 2 is 2.00 bits per heavy atom. The Morgan fingerprint density at radius 1 is 1.27 bits per heavy atom. The Bertz CT molecular complexity index is 165. The van der Waals surface area contributed by atoms with E-state index in [1.807, 2.05) is 6.92 Å². The van der Waals surface area contributed by atoms with E-state index in [0.29, 0.717) is 26.4 Å². The molecular weight excluding hydrogens is 196 g/mol. The van der Waals surface area contributed by atoms with Gasteiger partial charge in [0.2, 0.25) is 0 Å². The van der Waals surface area contributed by atoms with Crippen molar-refractivity contribution in [3.63, 3.8) is 0 Å². The summed E-state index contributed by atoms with van der Waals surface area (Å²) in [5, 5.41) is 7.22. The van der Waals surface area contributed by atoms with Gasteiger partial charge in [-0.25, -0.2) is 0 Å². The van der Waals surface area contributed by atoms with Gasteiger partial charge in [-0.15, -0.1) is 0 Å². The fourth-order valence-electron chi connectivity index (χ4n) is 1.08. The first-order valence-corrected chi connectivity index (χ1v) is 5.24. The second-order valence-electron chi connectivity index (χ2n) is 3.18. The van der Waals surface area contributed by atoms with E-state index in [1.165, 1.54) is 0 Å². The first-order chi connectivity index (χ1) is 7.22. The second kappa shape index (κ2) is 9.89. The molecule has 0 aliphatic rings. The third-order valence-electron chi connectivity index (χ3n) is 1.90. The van der Waals surface area contributed by atoms with Gasteiger partial charge >= 0.3 is 0 Å². The SMILES string of the molecule is CCC(OCCOCCCOC)C(=N)N. The molecule has 90 valence electrons. The number of amidine groups is 1. The van der Waals surface area contributed by atoms with E-state index in [1.54, 1.807) is 7.11 Å². The normalized spacial score (nSPS) is 12.7. The fourth-order valence-corrected chi connectivity index (χ4v) is 1.08. The molecule has 0 aromatic heterocycles. The molecule has 5 heteroatoms. The van der Waals surface area contributed by atoms with Gasteiger partial charge in [-0.1, -0.05) is 6.92 Å². The van der Waals surface area contributed by atoms with E-state index in [-0.39, 0.29) is 11.9 Å². The molecule has 5 nitrogen and oxygen atoms in total. The molecule has 0 saturated heterocycles. The molecule has 0 fully saturated rings. The van der Waals surface area contributed by atoms with Crippen LogP contribution in [0.1, 0.15) is 19.8 Å². The molecule has 1 unspecified atom stereocenters. The minimum atomic E-state index is -0.271. The summed E-state index contributed by atoms with van der Waals surface area (Å²) in [6.07, 6.45) is 1.34. The van der Waals surface area contributed by atoms with E-state index in [4.69, 9.17) is 25.4 Å². The molecule has 0 spiro atoms. The molecule has 0 heterocycles. The second-order valence-corrected chi connectivity index (χ2v) is 3.18. The number of hydrogen-bond acceptors (Lipinski definition) is 4. The lowest BCUT2D eigenvalue weighted by Crippen LogP contribution is -2.30. The lowest BCUT2D eigenvalue weighted by atomic mass is 10.2. The van der Waals surface area contributed by atoms with Gasteiger partial charge in [0.15, 0.2) is 0 Å². The monoisotopic (exact) mass is 218 g/mol. The average molecular weight is 218 g/mol. The molecular formula is C10H22N2O3. The van der Waals surface area contributed by atoms with Crippen molar-refractivity contribution in [2.75, 3.05) is 33.5 Å². The molecule has 1 atom stereocenters. The quantitative estimate of drug-likeness (QED) is 0.322. The minimum absolute atomic E-state index is 0.0804. The molecule has 0 saturated carbocycles. The van der Waals surface area contributed by atoms with Crippen molar-refractivity contribution < 1.29 is 14.2 Å². The minimum Gasteiger partial charge on any atom is -0.385 e. The van der Waals surface area contributed by atoms with Gasteiger partial charge in [0, 0.05) is 20.3 Å². The van der Waals surface area contributed by atoms with Crippen LogP contribution in [0.15, 0.2) is 0 Å². The Labute approximate surface area is 91.4 Å². The van der Waals surface area contributed by atoms with Gasteiger partial charge in [-0.3, -0.25) is 5.41 Å². The van der Waals surface area contributed by atoms with Gasteiger partial charge in [-0.2, -0.15) is 0 Å². The van der Waals surface area contributed by atoms with Crippen LogP contribution in [0.4, 0.5) is 0 Å². The highest BCUT2D eigenvalue weighted by Gasteiger charge is 2.08. The number of hydrogen-bond donors (Lipinski definition) is 2. The van der Waals surface area contributed by atoms with Crippen LogP contribution in [-0.2, 0) is 14.2 Å². The number of methoxy groups -OCH3 is 1. The Hall–Kier alpha value is -0.650. The summed E-state index contributed by atoms with van der Waals surface area (Å²) in [5.41, 5.74) is 5.33. The summed E-state index contributed by atoms with van der Waals surface area (Å²) in [5.74, 6) is 0.0804. The number of nitrogens with one attached hydrogen (secondary N) is 1. The number of nitrogens with two attached hydrogens (primary N) is 1. The third-order valence-corrected chi connectivity index (χ3v) is 1.90. The van der Waals surface area contributed by atoms with E-state index in [0.717, 1.165) is 12.8 Å². The van der Waals surface area contributed by atoms with Gasteiger partial charge in [-0.05, 0) is 12.8 Å². The summed E-state index contributed by atoms with van der Waals surface area (Å²) in [7, 11) is 1.67. The maximum Gasteiger partial charge on any atom is 0.120 e. The van der Waals surface area contributed by atoms with Crippen molar-refractivity contribution in [1.29, 1.82) is 5.41 Å². The average Bonchev–Trinajstić information content (AvgIpc) is 2.21. The summed E-state index contributed by atoms with van der Waals surface area (Å²) >= 11 is 0. The first kappa shape index (κ1) is 14.3. The van der Waals surface area contributed by atoms with E-state index >= 15 is 0 Å². The zero-order chi connectivity index (χ0) is 11.5. The van der Waals surface area contributed by atoms with Crippen molar-refractivity contribution in [3.8, 4) is 0 Å². The van der Waals surface area contributed by atoms with Gasteiger partial charge in [0.25, 0.3) is 0 Å². The zero-order valence-corrected chi connectivity index (χ0v) is 9.62. The van der Waals surface area contributed by atoms with Crippen LogP contribution in [0.3, 0.4) is 0 Å². The first-order valence-electron chi connectivity index (χ1n) is 5.24. The van der Waals surface area contributed by atoms with Gasteiger partial charge in [0.1, 0.15) is 11.9 Å². The molecule has 0 aliphatic carbocycles. The van der Waals surface area contributed by atoms with Crippen LogP contribution in [0.5, 0.6) is 0 Å². The van der Waals surface area contributed by atoms with E-state index < -0.39 is 0 Å². The predicted molar refractivity (Wildman–Crippen MR) is 59.3 cm³/mol. The predicted octanol–water partition coefficient (Wildman–Crippen LogP) is 0.771. The lowest BCUT2D eigenvalue weighted by molar-refractivity contribution is 0.0229. The molecule has 15 heavy (non-hydrogen) atoms. The van der Waals surface area contributed by atoms with Crippen LogP contribution >= 0.6 is 0 Å². The van der Waals surface area contributed by atoms with Gasteiger partial charge < -0.3 is 19.9 Å². The third kappa shape index (κ3) is 8.35. The van der Waals surface area contributed by atoms with E-state index in [2.05, 4.69) is 0 Å². The fraction of sp³-hybridized carbons (Fsp3) is 0.900. The van der Waals surface area contributed by atoms with Crippen molar-refractivity contribution in [2.24, 2.45) is 5.73 Å². The maximum atomic E-state index is 7.22. The standard InChI is InChI=1S/C10H22N2O3/c1-3-9(10(11)12)15-8-7-14-6-4-5-13-2/h9H,3-8H2,1-2H3,(H3,11,12). The Kier molecular flexibility index (Phi) is 9.46. The Balaban J connectivity index is 3.25. The molecule has 3 N–H and O–H groups in total. The Morgan fingerprint density at radius 3 is 2.53 bits per heavy atom. The van der Waals surface area contributed by atoms with Crippen molar-refractivity contribution >= 4 is 5.84 Å². The van der Waals surface area contributed by atoms with Crippen molar-refractivity contribution in [2.45, 2.75) is 25.9 Å². The lowest BCUT2D eigenvalue weighted by Gasteiger charge is -2.14. The summed E-state index contributed by atoms with van der Waals surface area (Å²) < 4.78 is 15.5. The topological polar surface area (TPSA) is 77.6 Å². The van der Waals surface area contributed by atoms with Gasteiger partial charge in [0.05, 0.1) is 13.2 Å². The zero-order valence-electron chi connectivity index (χ0n) is 9.62. The molecule has 0 bridgehead atoms.